The van der Waals surface area contributed by atoms with Gasteiger partial charge in [0.1, 0.15) is 0 Å². The van der Waals surface area contributed by atoms with E-state index in [0.717, 1.165) is 5.56 Å². The molecule has 0 bridgehead atoms. The third-order valence-electron chi connectivity index (χ3n) is 3.87. The van der Waals surface area contributed by atoms with Gasteiger partial charge in [-0.05, 0) is 38.5 Å². The van der Waals surface area contributed by atoms with Crippen LogP contribution in [-0.2, 0) is 6.54 Å². The molecule has 2 rings (SSSR count). The average molecular weight is 357 g/mol. The van der Waals surface area contributed by atoms with Crippen molar-refractivity contribution in [2.45, 2.75) is 32.9 Å². The molecule has 2 aromatic carbocycles. The predicted octanol–water partition coefficient (Wildman–Crippen LogP) is 3.94. The molecule has 8 nitrogen and oxygen atoms in total. The van der Waals surface area contributed by atoms with E-state index in [2.05, 4.69) is 0 Å². The van der Waals surface area contributed by atoms with Crippen LogP contribution < -0.4 is 0 Å². The lowest BCUT2D eigenvalue weighted by Gasteiger charge is -2.36. The molecule has 8 heteroatoms. The highest BCUT2D eigenvalue weighted by molar-refractivity contribution is 5.94. The second-order valence-electron chi connectivity index (χ2n) is 6.79. The summed E-state index contributed by atoms with van der Waals surface area (Å²) in [5, 5.41) is 21.5. The Morgan fingerprint density at radius 1 is 0.885 bits per heavy atom. The monoisotopic (exact) mass is 357 g/mol. The van der Waals surface area contributed by atoms with Crippen LogP contribution in [0.4, 0.5) is 11.4 Å². The van der Waals surface area contributed by atoms with Gasteiger partial charge in [0.15, 0.2) is 0 Å². The number of carbonyl (C=O) groups excluding carboxylic acids is 1. The van der Waals surface area contributed by atoms with Gasteiger partial charge in [0.05, 0.1) is 9.85 Å². The maximum absolute atomic E-state index is 12.9. The quantitative estimate of drug-likeness (QED) is 0.595. The number of carbonyl (C=O) groups is 1. The molecule has 0 aliphatic heterocycles. The molecule has 0 unspecified atom stereocenters. The number of nitro benzene ring substituents is 2. The average Bonchev–Trinajstić information content (AvgIpc) is 2.58. The van der Waals surface area contributed by atoms with Crippen molar-refractivity contribution in [2.24, 2.45) is 0 Å². The van der Waals surface area contributed by atoms with E-state index in [4.69, 9.17) is 0 Å². The van der Waals surface area contributed by atoms with Crippen molar-refractivity contribution in [3.8, 4) is 0 Å². The molecule has 0 aromatic heterocycles. The summed E-state index contributed by atoms with van der Waals surface area (Å²) in [6.45, 7) is 5.89. The van der Waals surface area contributed by atoms with Crippen LogP contribution in [0.25, 0.3) is 0 Å². The minimum Gasteiger partial charge on any atom is -0.329 e. The minimum absolute atomic E-state index is 0.0160. The summed E-state index contributed by atoms with van der Waals surface area (Å²) in [6, 6.07) is 11.4. The first-order valence-corrected chi connectivity index (χ1v) is 7.89. The predicted molar refractivity (Wildman–Crippen MR) is 95.8 cm³/mol. The van der Waals surface area contributed by atoms with E-state index in [0.29, 0.717) is 5.56 Å². The number of rotatable bonds is 5. The molecular weight excluding hydrogens is 338 g/mol. The number of benzene rings is 2. The molecule has 0 fully saturated rings. The Bertz CT molecular complexity index is 823. The fourth-order valence-corrected chi connectivity index (χ4v) is 2.40. The first-order valence-electron chi connectivity index (χ1n) is 7.89. The van der Waals surface area contributed by atoms with Gasteiger partial charge >= 0.3 is 0 Å². The Morgan fingerprint density at radius 3 is 1.69 bits per heavy atom. The molecule has 0 spiro atoms. The molecule has 0 atom stereocenters. The van der Waals surface area contributed by atoms with E-state index < -0.39 is 15.4 Å². The van der Waals surface area contributed by atoms with Crippen molar-refractivity contribution in [2.75, 3.05) is 0 Å². The summed E-state index contributed by atoms with van der Waals surface area (Å²) < 4.78 is 0. The van der Waals surface area contributed by atoms with Crippen LogP contribution in [0.1, 0.15) is 36.7 Å². The fraction of sp³-hybridized carbons (Fsp3) is 0.278. The van der Waals surface area contributed by atoms with E-state index in [1.54, 1.807) is 17.0 Å². The second-order valence-corrected chi connectivity index (χ2v) is 6.79. The topological polar surface area (TPSA) is 107 Å². The third kappa shape index (κ3) is 4.41. The van der Waals surface area contributed by atoms with E-state index in [1.807, 2.05) is 20.8 Å². The molecular formula is C18H19N3O5. The summed E-state index contributed by atoms with van der Waals surface area (Å²) in [5.41, 5.74) is 0.478. The first-order chi connectivity index (χ1) is 12.1. The van der Waals surface area contributed by atoms with Gasteiger partial charge in [-0.15, -0.1) is 0 Å². The van der Waals surface area contributed by atoms with E-state index in [-0.39, 0.29) is 23.8 Å². The van der Waals surface area contributed by atoms with Crippen molar-refractivity contribution in [1.29, 1.82) is 0 Å². The van der Waals surface area contributed by atoms with Gasteiger partial charge < -0.3 is 4.90 Å². The van der Waals surface area contributed by atoms with Crippen molar-refractivity contribution in [3.05, 3.63) is 79.9 Å². The van der Waals surface area contributed by atoms with Crippen molar-refractivity contribution in [1.82, 2.24) is 4.90 Å². The smallest absolute Gasteiger partial charge is 0.269 e. The molecule has 26 heavy (non-hydrogen) atoms. The molecule has 0 radical (unpaired) electrons. The van der Waals surface area contributed by atoms with Gasteiger partial charge in [-0.1, -0.05) is 12.1 Å². The van der Waals surface area contributed by atoms with Crippen LogP contribution in [0.2, 0.25) is 0 Å². The Hall–Kier alpha value is -3.29. The summed E-state index contributed by atoms with van der Waals surface area (Å²) in [4.78, 5) is 35.0. The van der Waals surface area contributed by atoms with Crippen LogP contribution in [0.3, 0.4) is 0 Å². The van der Waals surface area contributed by atoms with E-state index >= 15 is 0 Å². The molecule has 0 aliphatic carbocycles. The second kappa shape index (κ2) is 7.30. The van der Waals surface area contributed by atoms with Gasteiger partial charge in [-0.25, -0.2) is 0 Å². The Labute approximate surface area is 150 Å². The lowest BCUT2D eigenvalue weighted by atomic mass is 10.0. The number of nitro groups is 2. The summed E-state index contributed by atoms with van der Waals surface area (Å²) in [7, 11) is 0. The zero-order valence-electron chi connectivity index (χ0n) is 14.7. The summed E-state index contributed by atoms with van der Waals surface area (Å²) >= 11 is 0. The Morgan fingerprint density at radius 2 is 1.31 bits per heavy atom. The molecule has 0 saturated heterocycles. The van der Waals surface area contributed by atoms with Crippen LogP contribution in [-0.4, -0.2) is 26.2 Å². The largest absolute Gasteiger partial charge is 0.329 e. The molecule has 0 N–H and O–H groups in total. The number of hydrogen-bond acceptors (Lipinski definition) is 5. The van der Waals surface area contributed by atoms with E-state index in [9.17, 15) is 25.0 Å². The van der Waals surface area contributed by atoms with Crippen LogP contribution in [0.5, 0.6) is 0 Å². The van der Waals surface area contributed by atoms with Crippen molar-refractivity contribution >= 4 is 17.3 Å². The molecule has 0 heterocycles. The summed E-state index contributed by atoms with van der Waals surface area (Å²) in [6.07, 6.45) is 0. The third-order valence-corrected chi connectivity index (χ3v) is 3.87. The first kappa shape index (κ1) is 19.0. The normalized spacial score (nSPS) is 11.0. The van der Waals surface area contributed by atoms with Crippen molar-refractivity contribution in [3.63, 3.8) is 0 Å². The molecule has 136 valence electrons. The van der Waals surface area contributed by atoms with Gasteiger partial charge in [-0.2, -0.15) is 0 Å². The lowest BCUT2D eigenvalue weighted by molar-refractivity contribution is -0.385. The summed E-state index contributed by atoms with van der Waals surface area (Å²) in [5.74, 6) is -0.272. The highest BCUT2D eigenvalue weighted by Gasteiger charge is 2.28. The van der Waals surface area contributed by atoms with Crippen molar-refractivity contribution < 1.29 is 14.6 Å². The Balaban J connectivity index is 2.27. The highest BCUT2D eigenvalue weighted by Crippen LogP contribution is 2.23. The number of non-ortho nitro benzene ring substituents is 2. The van der Waals surface area contributed by atoms with Gasteiger partial charge in [0, 0.05) is 41.9 Å². The minimum atomic E-state index is -0.521. The lowest BCUT2D eigenvalue weighted by Crippen LogP contribution is -2.45. The number of amides is 1. The molecule has 1 amide bonds. The maximum Gasteiger partial charge on any atom is 0.269 e. The maximum atomic E-state index is 12.9. The molecule has 2 aromatic rings. The zero-order valence-corrected chi connectivity index (χ0v) is 14.7. The molecule has 0 aliphatic rings. The zero-order chi connectivity index (χ0) is 19.5. The SMILES string of the molecule is CC(C)(C)N(Cc1ccc([N+](=O)[O-])cc1)C(=O)c1ccc([N+](=O)[O-])cc1. The van der Waals surface area contributed by atoms with Gasteiger partial charge in [0.25, 0.3) is 17.3 Å². The number of nitrogens with zero attached hydrogens (tertiary/aromatic N) is 3. The fourth-order valence-electron chi connectivity index (χ4n) is 2.40. The Kier molecular flexibility index (Phi) is 5.35. The standard InChI is InChI=1S/C18H19N3O5/c1-18(2,3)19(12-13-4-8-15(9-5-13)20(23)24)17(22)14-6-10-16(11-7-14)21(25)26/h4-11H,12H2,1-3H3. The van der Waals surface area contributed by atoms with E-state index in [1.165, 1.54) is 36.4 Å². The van der Waals surface area contributed by atoms with Crippen LogP contribution >= 0.6 is 0 Å². The number of hydrogen-bond donors (Lipinski definition) is 0. The van der Waals surface area contributed by atoms with Crippen LogP contribution in [0.15, 0.2) is 48.5 Å². The van der Waals surface area contributed by atoms with Crippen LogP contribution in [0, 0.1) is 20.2 Å². The van der Waals surface area contributed by atoms with Gasteiger partial charge in [0.2, 0.25) is 0 Å². The highest BCUT2D eigenvalue weighted by atomic mass is 16.6. The van der Waals surface area contributed by atoms with Gasteiger partial charge in [-0.3, -0.25) is 25.0 Å². The molecule has 0 saturated carbocycles.